The van der Waals surface area contributed by atoms with E-state index in [1.54, 1.807) is 0 Å². The van der Waals surface area contributed by atoms with E-state index in [1.807, 2.05) is 73.7 Å². The number of carbonyl (C=O) groups is 1. The zero-order valence-corrected chi connectivity index (χ0v) is 12.6. The molecule has 112 valence electrons. The molecule has 0 aliphatic carbocycles. The zero-order valence-electron chi connectivity index (χ0n) is 12.6. The van der Waals surface area contributed by atoms with Crippen LogP contribution >= 0.6 is 0 Å². The normalized spacial score (nSPS) is 16.2. The van der Waals surface area contributed by atoms with Crippen LogP contribution in [0.1, 0.15) is 18.1 Å². The van der Waals surface area contributed by atoms with Crippen molar-refractivity contribution in [1.82, 2.24) is 5.32 Å². The smallest absolute Gasteiger partial charge is 0.330 e. The molecule has 2 aromatic rings. The van der Waals surface area contributed by atoms with Crippen molar-refractivity contribution in [2.45, 2.75) is 12.3 Å². The Kier molecular flexibility index (Phi) is 4.07. The van der Waals surface area contributed by atoms with Gasteiger partial charge in [-0.3, -0.25) is 0 Å². The lowest BCUT2D eigenvalue weighted by atomic mass is 9.75. The molecule has 1 N–H and O–H groups in total. The minimum Gasteiger partial charge on any atom is -0.429 e. The molecule has 2 aromatic carbocycles. The Labute approximate surface area is 130 Å². The second kappa shape index (κ2) is 6.16. The van der Waals surface area contributed by atoms with Crippen LogP contribution in [0, 0.1) is 0 Å². The van der Waals surface area contributed by atoms with Crippen molar-refractivity contribution < 1.29 is 9.53 Å². The molecular formula is C19H19NO2. The number of benzene rings is 2. The molecule has 1 heterocycles. The molecule has 0 unspecified atom stereocenters. The van der Waals surface area contributed by atoms with Gasteiger partial charge in [0.2, 0.25) is 0 Å². The number of hydrogen-bond donors (Lipinski definition) is 1. The van der Waals surface area contributed by atoms with Crippen LogP contribution in [-0.4, -0.2) is 19.1 Å². The maximum Gasteiger partial charge on any atom is 0.330 e. The van der Waals surface area contributed by atoms with Crippen molar-refractivity contribution in [3.63, 3.8) is 0 Å². The van der Waals surface area contributed by atoms with Crippen molar-refractivity contribution in [2.75, 3.05) is 13.1 Å². The number of rotatable bonds is 5. The molecule has 0 bridgehead atoms. The van der Waals surface area contributed by atoms with Crippen LogP contribution in [-0.2, 0) is 14.9 Å². The lowest BCUT2D eigenvalue weighted by molar-refractivity contribution is -0.140. The molecule has 3 nitrogen and oxygen atoms in total. The molecule has 0 atom stereocenters. The van der Waals surface area contributed by atoms with E-state index in [0.29, 0.717) is 12.3 Å². The zero-order chi connectivity index (χ0) is 15.4. The third-order valence-corrected chi connectivity index (χ3v) is 3.93. The van der Waals surface area contributed by atoms with Crippen LogP contribution < -0.4 is 5.32 Å². The maximum atomic E-state index is 12.8. The summed E-state index contributed by atoms with van der Waals surface area (Å²) in [6.45, 7) is 3.42. The Morgan fingerprint density at radius 2 is 1.50 bits per heavy atom. The second-order valence-electron chi connectivity index (χ2n) is 5.32. The van der Waals surface area contributed by atoms with E-state index in [2.05, 4.69) is 5.32 Å². The van der Waals surface area contributed by atoms with E-state index in [1.165, 1.54) is 0 Å². The molecule has 0 amide bonds. The lowest BCUT2D eigenvalue weighted by Gasteiger charge is -2.24. The molecule has 0 fully saturated rings. The summed E-state index contributed by atoms with van der Waals surface area (Å²) in [4.78, 5) is 12.8. The summed E-state index contributed by atoms with van der Waals surface area (Å²) >= 11 is 0. The number of nitrogens with one attached hydrogen (secondary N) is 1. The molecule has 1 aliphatic rings. The van der Waals surface area contributed by atoms with Gasteiger partial charge in [0.05, 0.1) is 6.54 Å². The highest BCUT2D eigenvalue weighted by atomic mass is 16.5. The van der Waals surface area contributed by atoms with Gasteiger partial charge in [-0.05, 0) is 23.7 Å². The fourth-order valence-corrected chi connectivity index (χ4v) is 2.84. The van der Waals surface area contributed by atoms with Crippen LogP contribution in [0.25, 0.3) is 0 Å². The summed E-state index contributed by atoms with van der Waals surface area (Å²) in [5.74, 6) is 0.442. The molecule has 22 heavy (non-hydrogen) atoms. The Morgan fingerprint density at radius 1 is 0.955 bits per heavy atom. The molecular weight excluding hydrogens is 274 g/mol. The number of ether oxygens (including phenoxy) is 1. The quantitative estimate of drug-likeness (QED) is 0.861. The highest BCUT2D eigenvalue weighted by Crippen LogP contribution is 2.40. The first-order valence-electron chi connectivity index (χ1n) is 7.53. The highest BCUT2D eigenvalue weighted by molar-refractivity contribution is 5.93. The molecule has 1 aliphatic heterocycles. The summed E-state index contributed by atoms with van der Waals surface area (Å²) in [6, 6.07) is 19.6. The van der Waals surface area contributed by atoms with Crippen molar-refractivity contribution in [1.29, 1.82) is 0 Å². The monoisotopic (exact) mass is 293 g/mol. The van der Waals surface area contributed by atoms with E-state index in [-0.39, 0.29) is 5.97 Å². The summed E-state index contributed by atoms with van der Waals surface area (Å²) in [6.07, 6.45) is 1.95. The van der Waals surface area contributed by atoms with Crippen molar-refractivity contribution in [3.8, 4) is 0 Å². The Hall–Kier alpha value is -2.39. The number of hydrogen-bond acceptors (Lipinski definition) is 3. The van der Waals surface area contributed by atoms with Gasteiger partial charge in [0.1, 0.15) is 11.2 Å². The van der Waals surface area contributed by atoms with Gasteiger partial charge in [0.25, 0.3) is 0 Å². The predicted molar refractivity (Wildman–Crippen MR) is 86.4 cm³/mol. The van der Waals surface area contributed by atoms with Gasteiger partial charge in [0, 0.05) is 0 Å². The van der Waals surface area contributed by atoms with Crippen molar-refractivity contribution in [2.24, 2.45) is 0 Å². The van der Waals surface area contributed by atoms with Gasteiger partial charge in [-0.1, -0.05) is 67.6 Å². The third-order valence-electron chi connectivity index (χ3n) is 3.93. The summed E-state index contributed by atoms with van der Waals surface area (Å²) in [5, 5.41) is 3.21. The summed E-state index contributed by atoms with van der Waals surface area (Å²) < 4.78 is 5.55. The second-order valence-corrected chi connectivity index (χ2v) is 5.32. The standard InChI is InChI=1S/C19H19NO2/c1-2-20-14-17-13-19(18(21)22-17,15-9-5-3-6-10-15)16-11-7-4-8-12-16/h3-13,20H,2,14H2,1H3. The molecule has 0 aromatic heterocycles. The average molecular weight is 293 g/mol. The number of likely N-dealkylation sites (N-methyl/N-ethyl adjacent to an activating group) is 1. The fourth-order valence-electron chi connectivity index (χ4n) is 2.84. The summed E-state index contributed by atoms with van der Waals surface area (Å²) in [5.41, 5.74) is 1.00. The molecule has 0 saturated carbocycles. The molecule has 3 rings (SSSR count). The van der Waals surface area contributed by atoms with Crippen molar-refractivity contribution in [3.05, 3.63) is 83.6 Å². The molecule has 3 heteroatoms. The minimum atomic E-state index is -0.854. The van der Waals surface area contributed by atoms with Gasteiger partial charge < -0.3 is 10.1 Å². The molecule has 0 radical (unpaired) electrons. The average Bonchev–Trinajstić information content (AvgIpc) is 2.92. The van der Waals surface area contributed by atoms with Crippen LogP contribution in [0.15, 0.2) is 72.5 Å². The number of esters is 1. The van der Waals surface area contributed by atoms with Gasteiger partial charge in [0.15, 0.2) is 0 Å². The van der Waals surface area contributed by atoms with E-state index >= 15 is 0 Å². The summed E-state index contributed by atoms with van der Waals surface area (Å²) in [7, 11) is 0. The first-order valence-corrected chi connectivity index (χ1v) is 7.53. The maximum absolute atomic E-state index is 12.8. The predicted octanol–water partition coefficient (Wildman–Crippen LogP) is 3.02. The van der Waals surface area contributed by atoms with E-state index in [0.717, 1.165) is 17.7 Å². The van der Waals surface area contributed by atoms with E-state index < -0.39 is 5.41 Å². The SMILES string of the molecule is CCNCC1=CC(c2ccccc2)(c2ccccc2)C(=O)O1. The fraction of sp³-hybridized carbons (Fsp3) is 0.211. The Morgan fingerprint density at radius 3 is 2.00 bits per heavy atom. The first kappa shape index (κ1) is 14.5. The molecule has 0 spiro atoms. The Bertz CT molecular complexity index is 638. The first-order chi connectivity index (χ1) is 10.8. The van der Waals surface area contributed by atoms with Gasteiger partial charge in [-0.25, -0.2) is 4.79 Å². The largest absolute Gasteiger partial charge is 0.429 e. The van der Waals surface area contributed by atoms with Crippen LogP contribution in [0.4, 0.5) is 0 Å². The highest BCUT2D eigenvalue weighted by Gasteiger charge is 2.46. The van der Waals surface area contributed by atoms with Crippen LogP contribution in [0.3, 0.4) is 0 Å². The van der Waals surface area contributed by atoms with Crippen LogP contribution in [0.5, 0.6) is 0 Å². The minimum absolute atomic E-state index is 0.238. The van der Waals surface area contributed by atoms with Crippen molar-refractivity contribution >= 4 is 5.97 Å². The number of carbonyl (C=O) groups excluding carboxylic acids is 1. The molecule has 0 saturated heterocycles. The number of cyclic esters (lactones) is 1. The van der Waals surface area contributed by atoms with Gasteiger partial charge >= 0.3 is 5.97 Å². The topological polar surface area (TPSA) is 38.3 Å². The van der Waals surface area contributed by atoms with E-state index in [4.69, 9.17) is 4.74 Å². The van der Waals surface area contributed by atoms with Gasteiger partial charge in [-0.15, -0.1) is 0 Å². The third kappa shape index (κ3) is 2.44. The lowest BCUT2D eigenvalue weighted by Crippen LogP contribution is -2.32. The van der Waals surface area contributed by atoms with Crippen LogP contribution in [0.2, 0.25) is 0 Å². The van der Waals surface area contributed by atoms with E-state index in [9.17, 15) is 4.79 Å². The van der Waals surface area contributed by atoms with Gasteiger partial charge in [-0.2, -0.15) is 0 Å². The Balaban J connectivity index is 2.13.